The molecule has 2 atom stereocenters. The van der Waals surface area contributed by atoms with Gasteiger partial charge in [-0.1, -0.05) is 0 Å². The van der Waals surface area contributed by atoms with Crippen molar-refractivity contribution in [2.24, 2.45) is 11.8 Å². The van der Waals surface area contributed by atoms with Crippen LogP contribution in [0.4, 0.5) is 0 Å². The number of pyridine rings is 1. The number of thioether (sulfide) groups is 1. The van der Waals surface area contributed by atoms with Crippen molar-refractivity contribution in [3.63, 3.8) is 0 Å². The molecule has 4 rings (SSSR count). The topological polar surface area (TPSA) is 88.4 Å². The number of carboxylic acid groups (broad SMARTS) is 1. The summed E-state index contributed by atoms with van der Waals surface area (Å²) in [5.41, 5.74) is 2.30. The quantitative estimate of drug-likeness (QED) is 0.244. The van der Waals surface area contributed by atoms with E-state index in [1.54, 1.807) is 25.1 Å². The number of rotatable bonds is 13. The largest absolute Gasteiger partial charge is 0.497 e. The van der Waals surface area contributed by atoms with E-state index < -0.39 is 5.97 Å². The van der Waals surface area contributed by atoms with Gasteiger partial charge in [0.25, 0.3) is 0 Å². The number of nitrogens with zero attached hydrogens (tertiary/aromatic N) is 4. The molecule has 0 unspecified atom stereocenters. The molecule has 0 amide bonds. The van der Waals surface area contributed by atoms with Gasteiger partial charge in [-0.05, 0) is 105 Å². The fourth-order valence-electron chi connectivity index (χ4n) is 5.29. The van der Waals surface area contributed by atoms with Gasteiger partial charge in [0.15, 0.2) is 0 Å². The first-order valence-corrected chi connectivity index (χ1v) is 13.9. The van der Waals surface area contributed by atoms with Gasteiger partial charge in [-0.15, -0.1) is 16.9 Å². The third kappa shape index (κ3) is 7.64. The van der Waals surface area contributed by atoms with Crippen LogP contribution < -0.4 is 4.74 Å². The van der Waals surface area contributed by atoms with Crippen LogP contribution in [-0.2, 0) is 11.2 Å². The fraction of sp³-hybridized carbons (Fsp3) is 0.500. The molecule has 36 heavy (non-hydrogen) atoms. The second kappa shape index (κ2) is 13.6. The van der Waals surface area contributed by atoms with Crippen LogP contribution in [-0.4, -0.2) is 63.7 Å². The third-order valence-corrected chi connectivity index (χ3v) is 8.19. The number of carbonyl (C=O) groups is 1. The molecule has 8 heteroatoms. The Kier molecular flexibility index (Phi) is 9.93. The Labute approximate surface area is 217 Å². The lowest BCUT2D eigenvalue weighted by Crippen LogP contribution is -2.41. The number of piperidine rings is 1. The average molecular weight is 509 g/mol. The second-order valence-electron chi connectivity index (χ2n) is 9.55. The molecule has 1 saturated heterocycles. The van der Waals surface area contributed by atoms with Crippen LogP contribution in [0.1, 0.15) is 44.1 Å². The van der Waals surface area contributed by atoms with E-state index in [4.69, 9.17) is 4.74 Å². The summed E-state index contributed by atoms with van der Waals surface area (Å²) < 4.78 is 5.42. The monoisotopic (exact) mass is 508 g/mol. The number of aryl methyl sites for hydroxylation is 1. The first kappa shape index (κ1) is 26.4. The smallest absolute Gasteiger partial charge is 0.303 e. The molecule has 192 valence electrons. The normalized spacial score (nSPS) is 18.4. The lowest BCUT2D eigenvalue weighted by atomic mass is 9.79. The minimum Gasteiger partial charge on any atom is -0.497 e. The number of hydrogen-bond acceptors (Lipinski definition) is 7. The molecular formula is C28H36N4O3S. The van der Waals surface area contributed by atoms with E-state index in [-0.39, 0.29) is 6.42 Å². The highest BCUT2D eigenvalue weighted by Gasteiger charge is 2.29. The molecule has 0 radical (unpaired) electrons. The van der Waals surface area contributed by atoms with Crippen molar-refractivity contribution in [1.29, 1.82) is 0 Å². The molecule has 3 aromatic rings. The molecule has 1 fully saturated rings. The summed E-state index contributed by atoms with van der Waals surface area (Å²) in [6.07, 6.45) is 10.1. The number of likely N-dealkylation sites (tertiary alicyclic amines) is 1. The standard InChI is InChI=1S/C28H36N4O3S/c1-35-24-9-10-26-25(19-24)22(12-15-29-26)6-2-5-21-13-17-32(20-23(21)8-11-28(33)34)16-4-18-36-27-7-3-14-30-31-27/h3,7,9-10,12,14-15,19,21,23H,2,4-6,8,11,13,16-18,20H2,1H3,(H,33,34)/t21-,23+/m1/s1. The lowest BCUT2D eigenvalue weighted by Gasteiger charge is -2.39. The fourth-order valence-corrected chi connectivity index (χ4v) is 6.05. The maximum atomic E-state index is 11.3. The van der Waals surface area contributed by atoms with E-state index in [0.717, 1.165) is 85.6 Å². The molecule has 0 saturated carbocycles. The molecule has 1 aromatic carbocycles. The minimum absolute atomic E-state index is 0.256. The summed E-state index contributed by atoms with van der Waals surface area (Å²) >= 11 is 1.75. The molecule has 1 aliphatic heterocycles. The van der Waals surface area contributed by atoms with Crippen LogP contribution >= 0.6 is 11.8 Å². The summed E-state index contributed by atoms with van der Waals surface area (Å²) in [7, 11) is 1.69. The van der Waals surface area contributed by atoms with E-state index in [1.165, 1.54) is 5.56 Å². The van der Waals surface area contributed by atoms with Crippen molar-refractivity contribution in [1.82, 2.24) is 20.1 Å². The third-order valence-electron chi connectivity index (χ3n) is 7.18. The summed E-state index contributed by atoms with van der Waals surface area (Å²) in [4.78, 5) is 18.3. The van der Waals surface area contributed by atoms with Gasteiger partial charge in [-0.25, -0.2) is 0 Å². The van der Waals surface area contributed by atoms with Gasteiger partial charge in [0.05, 0.1) is 12.6 Å². The van der Waals surface area contributed by atoms with Gasteiger partial charge >= 0.3 is 5.97 Å². The predicted octanol–water partition coefficient (Wildman–Crippen LogP) is 5.34. The minimum atomic E-state index is -0.691. The van der Waals surface area contributed by atoms with Gasteiger partial charge in [0.2, 0.25) is 0 Å². The number of aromatic nitrogens is 3. The Morgan fingerprint density at radius 2 is 2.08 bits per heavy atom. The molecular weight excluding hydrogens is 472 g/mol. The number of ether oxygens (including phenoxy) is 1. The summed E-state index contributed by atoms with van der Waals surface area (Å²) in [5.74, 6) is 2.20. The van der Waals surface area contributed by atoms with E-state index in [9.17, 15) is 9.90 Å². The molecule has 1 aliphatic rings. The zero-order valence-electron chi connectivity index (χ0n) is 21.0. The lowest BCUT2D eigenvalue weighted by molar-refractivity contribution is -0.137. The van der Waals surface area contributed by atoms with Crippen molar-refractivity contribution in [3.8, 4) is 5.75 Å². The van der Waals surface area contributed by atoms with Crippen molar-refractivity contribution >= 4 is 28.6 Å². The predicted molar refractivity (Wildman–Crippen MR) is 144 cm³/mol. The van der Waals surface area contributed by atoms with Crippen LogP contribution in [0.15, 0.2) is 53.8 Å². The zero-order valence-corrected chi connectivity index (χ0v) is 21.8. The number of fused-ring (bicyclic) bond motifs is 1. The Morgan fingerprint density at radius 3 is 2.89 bits per heavy atom. The van der Waals surface area contributed by atoms with Crippen molar-refractivity contribution in [2.75, 3.05) is 32.5 Å². The van der Waals surface area contributed by atoms with Gasteiger partial charge in [0.1, 0.15) is 10.8 Å². The van der Waals surface area contributed by atoms with Crippen LogP contribution in [0.3, 0.4) is 0 Å². The molecule has 0 bridgehead atoms. The molecule has 7 nitrogen and oxygen atoms in total. The van der Waals surface area contributed by atoms with E-state index in [0.29, 0.717) is 11.8 Å². The summed E-state index contributed by atoms with van der Waals surface area (Å²) in [6.45, 7) is 3.15. The highest BCUT2D eigenvalue weighted by molar-refractivity contribution is 7.99. The summed E-state index contributed by atoms with van der Waals surface area (Å²) in [6, 6.07) is 12.1. The molecule has 0 aliphatic carbocycles. The Balaban J connectivity index is 1.28. The first-order valence-electron chi connectivity index (χ1n) is 12.9. The number of methoxy groups -OCH3 is 1. The van der Waals surface area contributed by atoms with Crippen LogP contribution in [0.25, 0.3) is 10.9 Å². The molecule has 1 N–H and O–H groups in total. The number of hydrogen-bond donors (Lipinski definition) is 1. The number of carboxylic acids is 1. The van der Waals surface area contributed by atoms with E-state index in [1.807, 2.05) is 30.5 Å². The van der Waals surface area contributed by atoms with Crippen LogP contribution in [0.2, 0.25) is 0 Å². The van der Waals surface area contributed by atoms with Gasteiger partial charge < -0.3 is 14.7 Å². The Morgan fingerprint density at radius 1 is 1.17 bits per heavy atom. The van der Waals surface area contributed by atoms with E-state index in [2.05, 4.69) is 32.2 Å². The number of aliphatic carboxylic acids is 1. The Hall–Kier alpha value is -2.71. The SMILES string of the molecule is COc1ccc2nccc(CCC[C@@H]3CCN(CCCSc4cccnn4)C[C@@H]3CCC(=O)O)c2c1. The second-order valence-corrected chi connectivity index (χ2v) is 10.7. The zero-order chi connectivity index (χ0) is 25.2. The van der Waals surface area contributed by atoms with Crippen LogP contribution in [0.5, 0.6) is 5.75 Å². The van der Waals surface area contributed by atoms with Crippen molar-refractivity contribution < 1.29 is 14.6 Å². The van der Waals surface area contributed by atoms with Gasteiger partial charge in [-0.2, -0.15) is 5.10 Å². The molecule has 0 spiro atoms. The highest BCUT2D eigenvalue weighted by atomic mass is 32.2. The molecule has 2 aromatic heterocycles. The maximum absolute atomic E-state index is 11.3. The first-order chi connectivity index (χ1) is 17.6. The highest BCUT2D eigenvalue weighted by Crippen LogP contribution is 2.32. The average Bonchev–Trinajstić information content (AvgIpc) is 2.91. The maximum Gasteiger partial charge on any atom is 0.303 e. The van der Waals surface area contributed by atoms with E-state index >= 15 is 0 Å². The number of benzene rings is 1. The van der Waals surface area contributed by atoms with Crippen molar-refractivity contribution in [3.05, 3.63) is 54.4 Å². The van der Waals surface area contributed by atoms with Gasteiger partial charge in [0, 0.05) is 36.5 Å². The summed E-state index contributed by atoms with van der Waals surface area (Å²) in [5, 5.41) is 19.5. The molecule has 3 heterocycles. The van der Waals surface area contributed by atoms with Crippen LogP contribution in [0, 0.1) is 11.8 Å². The van der Waals surface area contributed by atoms with Crippen molar-refractivity contribution in [2.45, 2.75) is 50.0 Å². The Bertz CT molecular complexity index is 1110. The van der Waals surface area contributed by atoms with Gasteiger partial charge in [-0.3, -0.25) is 9.78 Å².